The molecule has 2 amide bonds. The van der Waals surface area contributed by atoms with Gasteiger partial charge in [0.2, 0.25) is 5.91 Å². The van der Waals surface area contributed by atoms with Gasteiger partial charge in [0.15, 0.2) is 5.69 Å². The van der Waals surface area contributed by atoms with Crippen LogP contribution < -0.4 is 11.1 Å². The van der Waals surface area contributed by atoms with Crippen LogP contribution in [0.25, 0.3) is 0 Å². The van der Waals surface area contributed by atoms with Gasteiger partial charge >= 0.3 is 11.8 Å². The van der Waals surface area contributed by atoms with Crippen molar-refractivity contribution in [1.82, 2.24) is 9.88 Å². The van der Waals surface area contributed by atoms with Crippen molar-refractivity contribution in [3.8, 4) is 0 Å². The number of nitrogens with zero attached hydrogens (tertiary/aromatic N) is 2. The zero-order valence-electron chi connectivity index (χ0n) is 11.1. The van der Waals surface area contributed by atoms with Gasteiger partial charge < -0.3 is 26.3 Å². The summed E-state index contributed by atoms with van der Waals surface area (Å²) in [7, 11) is 1.31. The van der Waals surface area contributed by atoms with Crippen molar-refractivity contribution < 1.29 is 24.4 Å². The first-order valence-corrected chi connectivity index (χ1v) is 5.86. The van der Waals surface area contributed by atoms with Crippen LogP contribution in [0.2, 0.25) is 0 Å². The monoisotopic (exact) mass is 298 g/mol. The molecule has 1 atom stereocenters. The number of aliphatic carboxylic acids is 1. The van der Waals surface area contributed by atoms with Crippen LogP contribution in [0.15, 0.2) is 12.1 Å². The molecule has 0 aliphatic rings. The predicted molar refractivity (Wildman–Crippen MR) is 69.4 cm³/mol. The Morgan fingerprint density at radius 1 is 1.48 bits per heavy atom. The number of carbonyl (C=O) groups excluding carboxylic acids is 2. The number of aromatic nitrogens is 1. The van der Waals surface area contributed by atoms with Gasteiger partial charge in [-0.25, -0.2) is 9.36 Å². The van der Waals surface area contributed by atoms with Crippen molar-refractivity contribution in [2.24, 2.45) is 12.8 Å². The standard InChI is InChI=1S/C11H14N4O6/c1-14-7(3-5-9(14)15(20)21)10(17)13-6(11(18)19)2-4-8(12)16/h3,5-6H,2,4H2,1H3,(H2,12,16)(H,13,17)(H,18,19). The number of carboxylic acids is 1. The van der Waals surface area contributed by atoms with Crippen LogP contribution in [0.5, 0.6) is 0 Å². The number of carbonyl (C=O) groups is 3. The number of rotatable bonds is 7. The number of amides is 2. The Bertz CT molecular complexity index is 594. The molecule has 10 heteroatoms. The third kappa shape index (κ3) is 4.03. The van der Waals surface area contributed by atoms with E-state index in [1.807, 2.05) is 0 Å². The minimum absolute atomic E-state index is 0.0629. The molecule has 0 aliphatic carbocycles. The lowest BCUT2D eigenvalue weighted by atomic mass is 10.1. The molecular formula is C11H14N4O6. The van der Waals surface area contributed by atoms with E-state index in [4.69, 9.17) is 10.8 Å². The minimum Gasteiger partial charge on any atom is -0.480 e. The Morgan fingerprint density at radius 2 is 2.10 bits per heavy atom. The highest BCUT2D eigenvalue weighted by molar-refractivity contribution is 5.95. The van der Waals surface area contributed by atoms with Gasteiger partial charge in [0.25, 0.3) is 5.91 Å². The molecule has 114 valence electrons. The first-order chi connectivity index (χ1) is 9.73. The number of hydrogen-bond acceptors (Lipinski definition) is 5. The smallest absolute Gasteiger partial charge is 0.326 e. The number of carboxylic acid groups (broad SMARTS) is 1. The van der Waals surface area contributed by atoms with E-state index in [-0.39, 0.29) is 24.4 Å². The zero-order valence-corrected chi connectivity index (χ0v) is 11.1. The van der Waals surface area contributed by atoms with Crippen LogP contribution in [0.1, 0.15) is 23.3 Å². The van der Waals surface area contributed by atoms with Crippen molar-refractivity contribution in [1.29, 1.82) is 0 Å². The van der Waals surface area contributed by atoms with Gasteiger partial charge in [0.1, 0.15) is 6.04 Å². The summed E-state index contributed by atoms with van der Waals surface area (Å²) in [6.07, 6.45) is -0.368. The summed E-state index contributed by atoms with van der Waals surface area (Å²) in [5.74, 6) is -3.11. The van der Waals surface area contributed by atoms with Gasteiger partial charge in [-0.1, -0.05) is 0 Å². The SMILES string of the molecule is Cn1c(C(=O)NC(CCC(N)=O)C(=O)O)ccc1[N+](=O)[O-]. The van der Waals surface area contributed by atoms with Crippen LogP contribution in [0.4, 0.5) is 5.82 Å². The molecule has 4 N–H and O–H groups in total. The fourth-order valence-corrected chi connectivity index (χ4v) is 1.69. The van der Waals surface area contributed by atoms with Crippen molar-refractivity contribution in [2.75, 3.05) is 0 Å². The molecule has 21 heavy (non-hydrogen) atoms. The third-order valence-corrected chi connectivity index (χ3v) is 2.80. The quantitative estimate of drug-likeness (QED) is 0.449. The highest BCUT2D eigenvalue weighted by Crippen LogP contribution is 2.15. The molecule has 1 aromatic heterocycles. The van der Waals surface area contributed by atoms with Gasteiger partial charge in [0.05, 0.1) is 7.05 Å². The molecule has 1 heterocycles. The van der Waals surface area contributed by atoms with E-state index in [2.05, 4.69) is 5.32 Å². The van der Waals surface area contributed by atoms with E-state index in [1.165, 1.54) is 13.1 Å². The van der Waals surface area contributed by atoms with E-state index in [9.17, 15) is 24.5 Å². The van der Waals surface area contributed by atoms with Crippen LogP contribution in [0.3, 0.4) is 0 Å². The number of hydrogen-bond donors (Lipinski definition) is 3. The molecular weight excluding hydrogens is 284 g/mol. The number of nitrogens with two attached hydrogens (primary N) is 1. The summed E-state index contributed by atoms with van der Waals surface area (Å²) >= 11 is 0. The van der Waals surface area contributed by atoms with Gasteiger partial charge in [0, 0.05) is 12.5 Å². The highest BCUT2D eigenvalue weighted by Gasteiger charge is 2.26. The molecule has 0 aromatic carbocycles. The first kappa shape index (κ1) is 16.1. The molecule has 0 spiro atoms. The first-order valence-electron chi connectivity index (χ1n) is 5.86. The van der Waals surface area contributed by atoms with Crippen molar-refractivity contribution in [2.45, 2.75) is 18.9 Å². The second kappa shape index (κ2) is 6.50. The lowest BCUT2D eigenvalue weighted by Crippen LogP contribution is -2.42. The molecule has 1 aromatic rings. The lowest BCUT2D eigenvalue weighted by molar-refractivity contribution is -0.391. The fourth-order valence-electron chi connectivity index (χ4n) is 1.69. The molecule has 0 bridgehead atoms. The van der Waals surface area contributed by atoms with E-state index in [1.54, 1.807) is 0 Å². The summed E-state index contributed by atoms with van der Waals surface area (Å²) in [5, 5.41) is 21.8. The van der Waals surface area contributed by atoms with Crippen LogP contribution in [-0.4, -0.2) is 38.4 Å². The predicted octanol–water partition coefficient (Wildman–Crippen LogP) is -0.618. The average molecular weight is 298 g/mol. The summed E-state index contributed by atoms with van der Waals surface area (Å²) in [5.41, 5.74) is 4.86. The highest BCUT2D eigenvalue weighted by atomic mass is 16.6. The summed E-state index contributed by atoms with van der Waals surface area (Å²) < 4.78 is 1.03. The number of nitrogens with one attached hydrogen (secondary N) is 1. The van der Waals surface area contributed by atoms with Crippen molar-refractivity contribution in [3.63, 3.8) is 0 Å². The van der Waals surface area contributed by atoms with Crippen LogP contribution >= 0.6 is 0 Å². The molecule has 0 radical (unpaired) electrons. The van der Waals surface area contributed by atoms with Gasteiger partial charge in [-0.15, -0.1) is 0 Å². The van der Waals surface area contributed by atoms with Gasteiger partial charge in [-0.05, 0) is 17.4 Å². The van der Waals surface area contributed by atoms with E-state index >= 15 is 0 Å². The van der Waals surface area contributed by atoms with Crippen molar-refractivity contribution in [3.05, 3.63) is 27.9 Å². The lowest BCUT2D eigenvalue weighted by Gasteiger charge is -2.12. The normalized spacial score (nSPS) is 11.7. The van der Waals surface area contributed by atoms with Crippen LogP contribution in [0, 0.1) is 10.1 Å². The molecule has 0 aliphatic heterocycles. The Kier molecular flexibility index (Phi) is 5.00. The minimum atomic E-state index is -1.33. The van der Waals surface area contributed by atoms with Gasteiger partial charge in [-0.3, -0.25) is 9.59 Å². The van der Waals surface area contributed by atoms with E-state index < -0.39 is 28.7 Å². The van der Waals surface area contributed by atoms with Gasteiger partial charge in [-0.2, -0.15) is 0 Å². The Hall–Kier alpha value is -2.91. The maximum absolute atomic E-state index is 11.9. The van der Waals surface area contributed by atoms with Crippen LogP contribution in [-0.2, 0) is 16.6 Å². The Morgan fingerprint density at radius 3 is 2.52 bits per heavy atom. The van der Waals surface area contributed by atoms with Crippen molar-refractivity contribution >= 4 is 23.6 Å². The third-order valence-electron chi connectivity index (χ3n) is 2.80. The zero-order chi connectivity index (χ0) is 16.2. The molecule has 10 nitrogen and oxygen atoms in total. The molecule has 0 saturated heterocycles. The largest absolute Gasteiger partial charge is 0.480 e. The second-order valence-corrected chi connectivity index (χ2v) is 4.26. The summed E-state index contributed by atoms with van der Waals surface area (Å²) in [4.78, 5) is 43.6. The number of primary amides is 1. The maximum atomic E-state index is 11.9. The topological polar surface area (TPSA) is 158 Å². The molecule has 0 fully saturated rings. The Balaban J connectivity index is 2.85. The molecule has 0 saturated carbocycles. The average Bonchev–Trinajstić information content (AvgIpc) is 2.75. The number of nitro groups is 1. The second-order valence-electron chi connectivity index (χ2n) is 4.26. The van der Waals surface area contributed by atoms with E-state index in [0.29, 0.717) is 0 Å². The van der Waals surface area contributed by atoms with E-state index in [0.717, 1.165) is 10.6 Å². The maximum Gasteiger partial charge on any atom is 0.326 e. The Labute approximate surface area is 118 Å². The molecule has 1 rings (SSSR count). The molecule has 1 unspecified atom stereocenters. The fraction of sp³-hybridized carbons (Fsp3) is 0.364. The summed E-state index contributed by atoms with van der Waals surface area (Å²) in [6.45, 7) is 0. The summed E-state index contributed by atoms with van der Waals surface area (Å²) in [6, 6.07) is 1.04.